The van der Waals surface area contributed by atoms with Gasteiger partial charge in [0.2, 0.25) is 5.91 Å². The first-order chi connectivity index (χ1) is 9.06. The zero-order valence-electron chi connectivity index (χ0n) is 9.99. The molecule has 19 heavy (non-hydrogen) atoms. The summed E-state index contributed by atoms with van der Waals surface area (Å²) >= 11 is 3.29. The number of anilines is 1. The van der Waals surface area contributed by atoms with E-state index >= 15 is 0 Å². The molecule has 0 radical (unpaired) electrons. The Kier molecular flexibility index (Phi) is 4.16. The van der Waals surface area contributed by atoms with Crippen molar-refractivity contribution in [3.63, 3.8) is 0 Å². The number of carbonyl (C=O) groups is 1. The molecule has 3 nitrogen and oxygen atoms in total. The lowest BCUT2D eigenvalue weighted by Crippen LogP contribution is -2.10. The molecule has 0 aliphatic rings. The van der Waals surface area contributed by atoms with Crippen molar-refractivity contribution in [2.75, 3.05) is 5.32 Å². The molecular weight excluding hydrogens is 311 g/mol. The predicted octanol–water partition coefficient (Wildman–Crippen LogP) is 3.30. The molecule has 1 amide bonds. The summed E-state index contributed by atoms with van der Waals surface area (Å²) in [7, 11) is 0. The van der Waals surface area contributed by atoms with Crippen molar-refractivity contribution < 1.29 is 9.18 Å². The number of nitrogens with one attached hydrogen (secondary N) is 1. The lowest BCUT2D eigenvalue weighted by molar-refractivity contribution is 0.100. The van der Waals surface area contributed by atoms with E-state index in [0.29, 0.717) is 16.6 Å². The maximum absolute atomic E-state index is 12.9. The van der Waals surface area contributed by atoms with E-state index in [0.717, 1.165) is 11.3 Å². The number of halogens is 2. The van der Waals surface area contributed by atoms with E-state index < -0.39 is 5.91 Å². The van der Waals surface area contributed by atoms with E-state index in [9.17, 15) is 9.18 Å². The van der Waals surface area contributed by atoms with Gasteiger partial charge in [-0.25, -0.2) is 4.39 Å². The Hall–Kier alpha value is -1.88. The van der Waals surface area contributed by atoms with Gasteiger partial charge in [-0.05, 0) is 51.8 Å². The highest BCUT2D eigenvalue weighted by atomic mass is 79.9. The Morgan fingerprint density at radius 3 is 2.47 bits per heavy atom. The molecule has 0 saturated carbocycles. The topological polar surface area (TPSA) is 55.1 Å². The lowest BCUT2D eigenvalue weighted by atomic mass is 10.1. The van der Waals surface area contributed by atoms with Crippen molar-refractivity contribution in [3.05, 3.63) is 63.9 Å². The minimum Gasteiger partial charge on any atom is -0.380 e. The molecule has 5 heteroatoms. The van der Waals surface area contributed by atoms with Crippen molar-refractivity contribution >= 4 is 27.5 Å². The molecule has 2 rings (SSSR count). The van der Waals surface area contributed by atoms with E-state index in [-0.39, 0.29) is 5.82 Å². The number of nitrogens with two attached hydrogens (primary N) is 1. The quantitative estimate of drug-likeness (QED) is 0.907. The van der Waals surface area contributed by atoms with Crippen LogP contribution in [0.2, 0.25) is 0 Å². The van der Waals surface area contributed by atoms with Gasteiger partial charge in [-0.15, -0.1) is 0 Å². The highest BCUT2D eigenvalue weighted by molar-refractivity contribution is 9.10. The Balaban J connectivity index is 2.04. The van der Waals surface area contributed by atoms with Crippen LogP contribution in [-0.4, -0.2) is 5.91 Å². The first-order valence-corrected chi connectivity index (χ1v) is 6.43. The lowest BCUT2D eigenvalue weighted by Gasteiger charge is -2.09. The molecule has 0 atom stereocenters. The summed E-state index contributed by atoms with van der Waals surface area (Å²) in [6.07, 6.45) is 0. The van der Waals surface area contributed by atoms with Gasteiger partial charge in [0.15, 0.2) is 0 Å². The van der Waals surface area contributed by atoms with Crippen molar-refractivity contribution in [2.45, 2.75) is 6.54 Å². The second-order valence-electron chi connectivity index (χ2n) is 4.04. The molecule has 0 saturated heterocycles. The number of benzene rings is 2. The van der Waals surface area contributed by atoms with Gasteiger partial charge in [0, 0.05) is 22.3 Å². The third kappa shape index (κ3) is 3.54. The smallest absolute Gasteiger partial charge is 0.248 e. The maximum Gasteiger partial charge on any atom is 0.248 e. The Labute approximate surface area is 118 Å². The molecule has 0 fully saturated rings. The van der Waals surface area contributed by atoms with Crippen LogP contribution >= 0.6 is 15.9 Å². The van der Waals surface area contributed by atoms with Crippen LogP contribution in [0.25, 0.3) is 0 Å². The van der Waals surface area contributed by atoms with Gasteiger partial charge < -0.3 is 11.1 Å². The third-order valence-electron chi connectivity index (χ3n) is 2.65. The molecule has 0 bridgehead atoms. The highest BCUT2D eigenvalue weighted by Crippen LogP contribution is 2.23. The SMILES string of the molecule is NC(=O)c1ccc(CNc2ccc(F)cc2Br)cc1. The Bertz CT molecular complexity index is 599. The first-order valence-electron chi connectivity index (χ1n) is 5.64. The normalized spacial score (nSPS) is 10.2. The fourth-order valence-electron chi connectivity index (χ4n) is 1.62. The Morgan fingerprint density at radius 2 is 1.89 bits per heavy atom. The zero-order valence-corrected chi connectivity index (χ0v) is 11.6. The molecule has 0 aliphatic carbocycles. The van der Waals surface area contributed by atoms with Gasteiger partial charge in [0.05, 0.1) is 0 Å². The standard InChI is InChI=1S/C14H12BrFN2O/c15-12-7-11(16)5-6-13(12)18-8-9-1-3-10(4-2-9)14(17)19/h1-7,18H,8H2,(H2,17,19). The monoisotopic (exact) mass is 322 g/mol. The van der Waals surface area contributed by atoms with Crippen molar-refractivity contribution in [3.8, 4) is 0 Å². The second-order valence-corrected chi connectivity index (χ2v) is 4.89. The van der Waals surface area contributed by atoms with Gasteiger partial charge in [0.25, 0.3) is 0 Å². The largest absolute Gasteiger partial charge is 0.380 e. The molecular formula is C14H12BrFN2O. The van der Waals surface area contributed by atoms with E-state index in [4.69, 9.17) is 5.73 Å². The van der Waals surface area contributed by atoms with E-state index in [1.54, 1.807) is 18.2 Å². The van der Waals surface area contributed by atoms with Gasteiger partial charge >= 0.3 is 0 Å². The predicted molar refractivity (Wildman–Crippen MR) is 76.4 cm³/mol. The number of primary amides is 1. The van der Waals surface area contributed by atoms with Crippen molar-refractivity contribution in [1.29, 1.82) is 0 Å². The number of rotatable bonds is 4. The summed E-state index contributed by atoms with van der Waals surface area (Å²) in [5.41, 5.74) is 7.45. The molecule has 2 aromatic carbocycles. The molecule has 2 aromatic rings. The van der Waals surface area contributed by atoms with Crippen LogP contribution in [0.15, 0.2) is 46.9 Å². The molecule has 3 N–H and O–H groups in total. The highest BCUT2D eigenvalue weighted by Gasteiger charge is 2.02. The van der Waals surface area contributed by atoms with Crippen LogP contribution in [0.5, 0.6) is 0 Å². The summed E-state index contributed by atoms with van der Waals surface area (Å²) in [6, 6.07) is 11.5. The number of hydrogen-bond acceptors (Lipinski definition) is 2. The third-order valence-corrected chi connectivity index (χ3v) is 3.31. The summed E-state index contributed by atoms with van der Waals surface area (Å²) in [5, 5.41) is 3.18. The first kappa shape index (κ1) is 13.5. The van der Waals surface area contributed by atoms with E-state index in [2.05, 4.69) is 21.2 Å². The van der Waals surface area contributed by atoms with Crippen LogP contribution in [0, 0.1) is 5.82 Å². The molecule has 0 unspecified atom stereocenters. The van der Waals surface area contributed by atoms with Crippen LogP contribution in [-0.2, 0) is 6.54 Å². The minimum atomic E-state index is -0.444. The number of amides is 1. The van der Waals surface area contributed by atoms with Crippen molar-refractivity contribution in [2.24, 2.45) is 5.73 Å². The van der Waals surface area contributed by atoms with Crippen LogP contribution < -0.4 is 11.1 Å². The second kappa shape index (κ2) is 5.84. The van der Waals surface area contributed by atoms with Crippen molar-refractivity contribution in [1.82, 2.24) is 0 Å². The minimum absolute atomic E-state index is 0.289. The summed E-state index contributed by atoms with van der Waals surface area (Å²) < 4.78 is 13.6. The van der Waals surface area contributed by atoms with Crippen LogP contribution in [0.4, 0.5) is 10.1 Å². The van der Waals surface area contributed by atoms with Gasteiger partial charge in [-0.1, -0.05) is 12.1 Å². The maximum atomic E-state index is 12.9. The zero-order chi connectivity index (χ0) is 13.8. The molecule has 0 aliphatic heterocycles. The molecule has 0 heterocycles. The molecule has 0 aromatic heterocycles. The summed E-state index contributed by atoms with van der Waals surface area (Å²) in [5.74, 6) is -0.732. The van der Waals surface area contributed by atoms with Crippen LogP contribution in [0.1, 0.15) is 15.9 Å². The summed E-state index contributed by atoms with van der Waals surface area (Å²) in [4.78, 5) is 10.9. The average Bonchev–Trinajstić information content (AvgIpc) is 2.38. The van der Waals surface area contributed by atoms with Gasteiger partial charge in [0.1, 0.15) is 5.82 Å². The van der Waals surface area contributed by atoms with E-state index in [1.165, 1.54) is 12.1 Å². The molecule has 98 valence electrons. The summed E-state index contributed by atoms with van der Waals surface area (Å²) in [6.45, 7) is 0.573. The van der Waals surface area contributed by atoms with E-state index in [1.807, 2.05) is 12.1 Å². The fraction of sp³-hybridized carbons (Fsp3) is 0.0714. The van der Waals surface area contributed by atoms with Crippen LogP contribution in [0.3, 0.4) is 0 Å². The number of hydrogen-bond donors (Lipinski definition) is 2. The Morgan fingerprint density at radius 1 is 1.21 bits per heavy atom. The average molecular weight is 323 g/mol. The van der Waals surface area contributed by atoms with Gasteiger partial charge in [-0.2, -0.15) is 0 Å². The van der Waals surface area contributed by atoms with Gasteiger partial charge in [-0.3, -0.25) is 4.79 Å². The fourth-order valence-corrected chi connectivity index (χ4v) is 2.11. The number of carbonyl (C=O) groups excluding carboxylic acids is 1. The molecule has 0 spiro atoms.